The number of fused-ring (bicyclic) bond motifs is 1. The smallest absolute Gasteiger partial charge is 0.111 e. The third-order valence-corrected chi connectivity index (χ3v) is 3.77. The van der Waals surface area contributed by atoms with Crippen LogP contribution in [-0.4, -0.2) is 16.6 Å². The van der Waals surface area contributed by atoms with Crippen molar-refractivity contribution in [1.29, 1.82) is 0 Å². The van der Waals surface area contributed by atoms with Crippen LogP contribution in [0.1, 0.15) is 23.2 Å². The molecule has 104 valence electrons. The Bertz CT molecular complexity index is 726. The van der Waals surface area contributed by atoms with Gasteiger partial charge in [-0.25, -0.2) is 4.98 Å². The van der Waals surface area contributed by atoms with Gasteiger partial charge >= 0.3 is 0 Å². The van der Waals surface area contributed by atoms with Crippen LogP contribution in [0.2, 0.25) is 0 Å². The molecule has 0 saturated carbocycles. The second-order valence-electron chi connectivity index (χ2n) is 5.11. The molecular formula is C16H19N3O. The molecule has 0 saturated heterocycles. The highest BCUT2D eigenvalue weighted by Crippen LogP contribution is 2.22. The Morgan fingerprint density at radius 2 is 2.15 bits per heavy atom. The predicted molar refractivity (Wildman–Crippen MR) is 79.7 cm³/mol. The van der Waals surface area contributed by atoms with E-state index in [0.717, 1.165) is 29.1 Å². The molecule has 0 bridgehead atoms. The first-order chi connectivity index (χ1) is 9.69. The minimum absolute atomic E-state index is 0.211. The van der Waals surface area contributed by atoms with Crippen molar-refractivity contribution in [3.63, 3.8) is 0 Å². The Balaban J connectivity index is 1.93. The molecule has 4 nitrogen and oxygen atoms in total. The van der Waals surface area contributed by atoms with E-state index in [1.54, 1.807) is 0 Å². The van der Waals surface area contributed by atoms with Crippen LogP contribution in [-0.2, 0) is 13.5 Å². The van der Waals surface area contributed by atoms with Gasteiger partial charge in [0, 0.05) is 25.1 Å². The molecule has 2 aromatic heterocycles. The summed E-state index contributed by atoms with van der Waals surface area (Å²) in [6.45, 7) is 1.96. The highest BCUT2D eigenvalue weighted by molar-refractivity contribution is 5.75. The molecule has 0 aliphatic rings. The number of nitrogens with zero attached hydrogens (tertiary/aromatic N) is 2. The number of hydrogen-bond acceptors (Lipinski definition) is 3. The van der Waals surface area contributed by atoms with Gasteiger partial charge in [0.15, 0.2) is 0 Å². The van der Waals surface area contributed by atoms with Crippen LogP contribution < -0.4 is 5.32 Å². The van der Waals surface area contributed by atoms with E-state index in [4.69, 9.17) is 9.40 Å². The lowest BCUT2D eigenvalue weighted by Crippen LogP contribution is -2.20. The maximum absolute atomic E-state index is 5.41. The Kier molecular flexibility index (Phi) is 3.32. The zero-order valence-electron chi connectivity index (χ0n) is 12.1. The summed E-state index contributed by atoms with van der Waals surface area (Å²) in [5.41, 5.74) is 3.38. The Morgan fingerprint density at radius 1 is 1.35 bits per heavy atom. The first-order valence-electron chi connectivity index (χ1n) is 6.81. The summed E-state index contributed by atoms with van der Waals surface area (Å²) in [5.74, 6) is 2.01. The van der Waals surface area contributed by atoms with Gasteiger partial charge in [-0.2, -0.15) is 0 Å². The number of likely N-dealkylation sites (N-methyl/N-ethyl adjacent to an activating group) is 1. The monoisotopic (exact) mass is 269 g/mol. The molecule has 1 N–H and O–H groups in total. The number of imidazole rings is 1. The molecule has 2 heterocycles. The Hall–Kier alpha value is -2.07. The van der Waals surface area contributed by atoms with E-state index in [0.29, 0.717) is 0 Å². The van der Waals surface area contributed by atoms with Gasteiger partial charge in [0.05, 0.1) is 17.3 Å². The molecule has 0 aliphatic heterocycles. The SMILES string of the molecule is CNC(Cc1nc2ccccc2n1C)c1coc(C)c1. The summed E-state index contributed by atoms with van der Waals surface area (Å²) < 4.78 is 7.57. The fraction of sp³-hybridized carbons (Fsp3) is 0.312. The van der Waals surface area contributed by atoms with E-state index in [-0.39, 0.29) is 6.04 Å². The molecule has 3 aromatic rings. The van der Waals surface area contributed by atoms with Crippen LogP contribution in [0, 0.1) is 6.92 Å². The molecule has 0 aliphatic carbocycles. The van der Waals surface area contributed by atoms with E-state index < -0.39 is 0 Å². The maximum Gasteiger partial charge on any atom is 0.111 e. The minimum atomic E-state index is 0.211. The highest BCUT2D eigenvalue weighted by Gasteiger charge is 2.16. The summed E-state index contributed by atoms with van der Waals surface area (Å²) in [7, 11) is 4.04. The van der Waals surface area contributed by atoms with Crippen LogP contribution in [0.3, 0.4) is 0 Å². The fourth-order valence-corrected chi connectivity index (χ4v) is 2.59. The number of furan rings is 1. The van der Waals surface area contributed by atoms with Crippen molar-refractivity contribution in [3.8, 4) is 0 Å². The Morgan fingerprint density at radius 3 is 2.80 bits per heavy atom. The number of nitrogens with one attached hydrogen (secondary N) is 1. The lowest BCUT2D eigenvalue weighted by molar-refractivity contribution is 0.516. The Labute approximate surface area is 118 Å². The number of para-hydroxylation sites is 2. The summed E-state index contributed by atoms with van der Waals surface area (Å²) in [5, 5.41) is 3.34. The summed E-state index contributed by atoms with van der Waals surface area (Å²) >= 11 is 0. The lowest BCUT2D eigenvalue weighted by Gasteiger charge is -2.14. The van der Waals surface area contributed by atoms with E-state index in [1.807, 2.05) is 32.4 Å². The van der Waals surface area contributed by atoms with Crippen molar-refractivity contribution in [1.82, 2.24) is 14.9 Å². The van der Waals surface area contributed by atoms with E-state index in [2.05, 4.69) is 35.1 Å². The molecule has 0 spiro atoms. The van der Waals surface area contributed by atoms with Crippen LogP contribution in [0.4, 0.5) is 0 Å². The first kappa shape index (κ1) is 12.9. The van der Waals surface area contributed by atoms with Gasteiger partial charge in [-0.1, -0.05) is 12.1 Å². The number of hydrogen-bond donors (Lipinski definition) is 1. The second kappa shape index (κ2) is 5.13. The van der Waals surface area contributed by atoms with Gasteiger partial charge in [0.1, 0.15) is 11.6 Å². The molecule has 0 fully saturated rings. The highest BCUT2D eigenvalue weighted by atomic mass is 16.3. The normalized spacial score (nSPS) is 12.9. The number of aromatic nitrogens is 2. The molecule has 1 unspecified atom stereocenters. The van der Waals surface area contributed by atoms with Crippen molar-refractivity contribution in [2.75, 3.05) is 7.05 Å². The molecule has 1 aromatic carbocycles. The van der Waals surface area contributed by atoms with Crippen LogP contribution >= 0.6 is 0 Å². The maximum atomic E-state index is 5.41. The van der Waals surface area contributed by atoms with Gasteiger partial charge in [-0.15, -0.1) is 0 Å². The molecule has 4 heteroatoms. The zero-order chi connectivity index (χ0) is 14.1. The predicted octanol–water partition coefficient (Wildman–Crippen LogP) is 2.98. The number of rotatable bonds is 4. The largest absolute Gasteiger partial charge is 0.469 e. The summed E-state index contributed by atoms with van der Waals surface area (Å²) in [4.78, 5) is 4.72. The van der Waals surface area contributed by atoms with Gasteiger partial charge in [-0.3, -0.25) is 0 Å². The third kappa shape index (κ3) is 2.23. The van der Waals surface area contributed by atoms with Crippen molar-refractivity contribution in [2.45, 2.75) is 19.4 Å². The van der Waals surface area contributed by atoms with Gasteiger partial charge in [0.2, 0.25) is 0 Å². The van der Waals surface area contributed by atoms with Crippen molar-refractivity contribution < 1.29 is 4.42 Å². The van der Waals surface area contributed by atoms with Crippen LogP contribution in [0.25, 0.3) is 11.0 Å². The third-order valence-electron chi connectivity index (χ3n) is 3.77. The molecule has 0 radical (unpaired) electrons. The second-order valence-corrected chi connectivity index (χ2v) is 5.11. The summed E-state index contributed by atoms with van der Waals surface area (Å²) in [6.07, 6.45) is 2.65. The number of aryl methyl sites for hydroxylation is 2. The molecule has 0 amide bonds. The van der Waals surface area contributed by atoms with Crippen molar-refractivity contribution in [3.05, 3.63) is 53.7 Å². The van der Waals surface area contributed by atoms with Gasteiger partial charge in [0.25, 0.3) is 0 Å². The average molecular weight is 269 g/mol. The van der Waals surface area contributed by atoms with Crippen LogP contribution in [0.5, 0.6) is 0 Å². The van der Waals surface area contributed by atoms with Gasteiger partial charge in [-0.05, 0) is 32.2 Å². The summed E-state index contributed by atoms with van der Waals surface area (Å²) in [6, 6.07) is 10.5. The molecule has 20 heavy (non-hydrogen) atoms. The quantitative estimate of drug-likeness (QED) is 0.792. The lowest BCUT2D eigenvalue weighted by atomic mass is 10.1. The first-order valence-corrected chi connectivity index (χ1v) is 6.81. The van der Waals surface area contributed by atoms with Crippen LogP contribution in [0.15, 0.2) is 41.0 Å². The van der Waals surface area contributed by atoms with E-state index in [9.17, 15) is 0 Å². The molecule has 1 atom stereocenters. The fourth-order valence-electron chi connectivity index (χ4n) is 2.59. The molecule has 3 rings (SSSR count). The number of benzene rings is 1. The topological polar surface area (TPSA) is 43.0 Å². The van der Waals surface area contributed by atoms with E-state index in [1.165, 1.54) is 5.52 Å². The molecular weight excluding hydrogens is 250 g/mol. The van der Waals surface area contributed by atoms with Crippen molar-refractivity contribution >= 4 is 11.0 Å². The minimum Gasteiger partial charge on any atom is -0.469 e. The average Bonchev–Trinajstić information content (AvgIpc) is 3.01. The van der Waals surface area contributed by atoms with Crippen molar-refractivity contribution in [2.24, 2.45) is 7.05 Å². The zero-order valence-corrected chi connectivity index (χ0v) is 12.1. The van der Waals surface area contributed by atoms with Gasteiger partial charge < -0.3 is 14.3 Å². The standard InChI is InChI=1S/C16H19N3O/c1-11-8-12(10-20-11)14(17-2)9-16-18-13-6-4-5-7-15(13)19(16)3/h4-8,10,14,17H,9H2,1-3H3. The van der Waals surface area contributed by atoms with E-state index >= 15 is 0 Å².